The van der Waals surface area contributed by atoms with E-state index in [0.717, 1.165) is 11.5 Å². The molecule has 0 bridgehead atoms. The summed E-state index contributed by atoms with van der Waals surface area (Å²) in [7, 11) is 1.76. The van der Waals surface area contributed by atoms with Crippen LogP contribution < -0.4 is 10.6 Å². The fourth-order valence-electron chi connectivity index (χ4n) is 2.29. The molecule has 20 heavy (non-hydrogen) atoms. The van der Waals surface area contributed by atoms with Gasteiger partial charge in [-0.15, -0.1) is 24.0 Å². The van der Waals surface area contributed by atoms with Crippen molar-refractivity contribution in [3.8, 4) is 0 Å². The van der Waals surface area contributed by atoms with E-state index in [4.69, 9.17) is 0 Å². The van der Waals surface area contributed by atoms with Gasteiger partial charge in [0.15, 0.2) is 5.96 Å². The van der Waals surface area contributed by atoms with Crippen molar-refractivity contribution in [1.29, 1.82) is 0 Å². The fourth-order valence-corrected chi connectivity index (χ4v) is 2.54. The van der Waals surface area contributed by atoms with Crippen molar-refractivity contribution >= 4 is 45.9 Å². The summed E-state index contributed by atoms with van der Waals surface area (Å²) in [5.74, 6) is 0.549. The number of benzene rings is 1. The molecule has 6 heteroatoms. The Hall–Kier alpha value is -0.370. The molecule has 0 radical (unpaired) electrons. The van der Waals surface area contributed by atoms with E-state index in [2.05, 4.69) is 31.6 Å². The molecule has 1 aromatic rings. The van der Waals surface area contributed by atoms with Crippen LogP contribution in [0.25, 0.3) is 0 Å². The van der Waals surface area contributed by atoms with Crippen molar-refractivity contribution in [2.75, 3.05) is 7.05 Å². The molecule has 2 rings (SSSR count). The SMILES string of the molecule is CN=C(NCc1ccc(Br)c(F)c1)NC1CCCC1.I. The van der Waals surface area contributed by atoms with Crippen molar-refractivity contribution in [1.82, 2.24) is 10.6 Å². The highest BCUT2D eigenvalue weighted by Crippen LogP contribution is 2.18. The van der Waals surface area contributed by atoms with Crippen LogP contribution in [0.2, 0.25) is 0 Å². The number of nitrogens with one attached hydrogen (secondary N) is 2. The van der Waals surface area contributed by atoms with Crippen LogP contribution in [0.3, 0.4) is 0 Å². The number of guanidine groups is 1. The van der Waals surface area contributed by atoms with Gasteiger partial charge >= 0.3 is 0 Å². The van der Waals surface area contributed by atoms with Crippen LogP contribution >= 0.6 is 39.9 Å². The Morgan fingerprint density at radius 2 is 2.10 bits per heavy atom. The van der Waals surface area contributed by atoms with Gasteiger partial charge < -0.3 is 10.6 Å². The summed E-state index contributed by atoms with van der Waals surface area (Å²) in [5.41, 5.74) is 0.898. The summed E-state index contributed by atoms with van der Waals surface area (Å²) < 4.78 is 13.9. The first kappa shape index (κ1) is 17.7. The summed E-state index contributed by atoms with van der Waals surface area (Å²) in [5, 5.41) is 6.61. The van der Waals surface area contributed by atoms with Gasteiger partial charge in [0.25, 0.3) is 0 Å². The van der Waals surface area contributed by atoms with Crippen molar-refractivity contribution in [2.24, 2.45) is 4.99 Å². The number of hydrogen-bond donors (Lipinski definition) is 2. The van der Waals surface area contributed by atoms with E-state index in [1.165, 1.54) is 31.7 Å². The lowest BCUT2D eigenvalue weighted by atomic mass is 10.2. The second-order valence-corrected chi connectivity index (χ2v) is 5.65. The Morgan fingerprint density at radius 3 is 2.70 bits per heavy atom. The third-order valence-corrected chi connectivity index (χ3v) is 4.01. The molecule has 0 saturated heterocycles. The predicted molar refractivity (Wildman–Crippen MR) is 95.1 cm³/mol. The molecule has 1 aliphatic rings. The molecule has 1 saturated carbocycles. The Labute approximate surface area is 145 Å². The minimum absolute atomic E-state index is 0. The molecule has 0 aromatic heterocycles. The summed E-state index contributed by atoms with van der Waals surface area (Å²) in [6.07, 6.45) is 4.97. The van der Waals surface area contributed by atoms with E-state index in [-0.39, 0.29) is 29.8 Å². The number of rotatable bonds is 3. The highest BCUT2D eigenvalue weighted by atomic mass is 127. The summed E-state index contributed by atoms with van der Waals surface area (Å²) in [4.78, 5) is 4.20. The summed E-state index contributed by atoms with van der Waals surface area (Å²) in [6, 6.07) is 5.66. The average Bonchev–Trinajstić information content (AvgIpc) is 2.91. The normalized spacial score (nSPS) is 15.8. The maximum atomic E-state index is 13.4. The summed E-state index contributed by atoms with van der Waals surface area (Å²) >= 11 is 3.15. The molecule has 0 heterocycles. The predicted octanol–water partition coefficient (Wildman–Crippen LogP) is 3.81. The quantitative estimate of drug-likeness (QED) is 0.413. The standard InChI is InChI=1S/C14H19BrFN3.HI/c1-17-14(19-11-4-2-3-5-11)18-9-10-6-7-12(15)13(16)8-10;/h6-8,11H,2-5,9H2,1H3,(H2,17,18,19);1H. The molecule has 0 amide bonds. The minimum Gasteiger partial charge on any atom is -0.354 e. The minimum atomic E-state index is -0.238. The van der Waals surface area contributed by atoms with Crippen LogP contribution in [0.1, 0.15) is 31.2 Å². The van der Waals surface area contributed by atoms with Gasteiger partial charge in [-0.05, 0) is 46.5 Å². The first-order chi connectivity index (χ1) is 9.19. The molecule has 3 nitrogen and oxygen atoms in total. The smallest absolute Gasteiger partial charge is 0.191 e. The second-order valence-electron chi connectivity index (χ2n) is 4.80. The van der Waals surface area contributed by atoms with Crippen molar-refractivity contribution in [3.05, 3.63) is 34.1 Å². The molecule has 2 N–H and O–H groups in total. The van der Waals surface area contributed by atoms with Crippen LogP contribution in [0.5, 0.6) is 0 Å². The maximum Gasteiger partial charge on any atom is 0.191 e. The van der Waals surface area contributed by atoms with Crippen molar-refractivity contribution < 1.29 is 4.39 Å². The second kappa shape index (κ2) is 8.81. The van der Waals surface area contributed by atoms with Gasteiger partial charge in [0.1, 0.15) is 5.82 Å². The first-order valence-corrected chi connectivity index (χ1v) is 7.39. The van der Waals surface area contributed by atoms with E-state index >= 15 is 0 Å². The number of nitrogens with zero attached hydrogens (tertiary/aromatic N) is 1. The molecule has 1 aliphatic carbocycles. The van der Waals surface area contributed by atoms with Crippen molar-refractivity contribution in [2.45, 2.75) is 38.3 Å². The molecule has 0 aliphatic heterocycles. The Kier molecular flexibility index (Phi) is 7.79. The van der Waals surface area contributed by atoms with Crippen LogP contribution in [0, 0.1) is 5.82 Å². The van der Waals surface area contributed by atoms with Gasteiger partial charge in [0, 0.05) is 19.6 Å². The molecular weight excluding hydrogens is 436 g/mol. The van der Waals surface area contributed by atoms with E-state index < -0.39 is 0 Å². The topological polar surface area (TPSA) is 36.4 Å². The monoisotopic (exact) mass is 455 g/mol. The highest BCUT2D eigenvalue weighted by Gasteiger charge is 2.15. The lowest BCUT2D eigenvalue weighted by Gasteiger charge is -2.16. The third-order valence-electron chi connectivity index (χ3n) is 3.36. The Balaban J connectivity index is 0.00000200. The molecular formula is C14H20BrFIN3. The highest BCUT2D eigenvalue weighted by molar-refractivity contribution is 14.0. The van der Waals surface area contributed by atoms with Gasteiger partial charge in [0.05, 0.1) is 4.47 Å². The Morgan fingerprint density at radius 1 is 1.40 bits per heavy atom. The molecule has 0 unspecified atom stereocenters. The van der Waals surface area contributed by atoms with Gasteiger partial charge in [-0.1, -0.05) is 18.9 Å². The third kappa shape index (κ3) is 5.20. The Bertz CT molecular complexity index is 462. The van der Waals surface area contributed by atoms with Gasteiger partial charge in [0.2, 0.25) is 0 Å². The molecule has 0 spiro atoms. The lowest BCUT2D eigenvalue weighted by Crippen LogP contribution is -2.41. The molecule has 1 aromatic carbocycles. The van der Waals surface area contributed by atoms with E-state index in [1.807, 2.05) is 6.07 Å². The zero-order valence-electron chi connectivity index (χ0n) is 11.5. The van der Waals surface area contributed by atoms with Crippen LogP contribution in [-0.4, -0.2) is 19.0 Å². The van der Waals surface area contributed by atoms with Crippen LogP contribution in [0.15, 0.2) is 27.7 Å². The van der Waals surface area contributed by atoms with E-state index in [0.29, 0.717) is 17.1 Å². The molecule has 1 fully saturated rings. The van der Waals surface area contributed by atoms with E-state index in [1.54, 1.807) is 13.1 Å². The van der Waals surface area contributed by atoms with Crippen LogP contribution in [0.4, 0.5) is 4.39 Å². The number of halogens is 3. The molecule has 112 valence electrons. The van der Waals surface area contributed by atoms with E-state index in [9.17, 15) is 4.39 Å². The maximum absolute atomic E-state index is 13.4. The van der Waals surface area contributed by atoms with Gasteiger partial charge in [-0.2, -0.15) is 0 Å². The zero-order valence-corrected chi connectivity index (χ0v) is 15.4. The first-order valence-electron chi connectivity index (χ1n) is 6.60. The number of hydrogen-bond acceptors (Lipinski definition) is 1. The number of aliphatic imine (C=N–C) groups is 1. The van der Waals surface area contributed by atoms with Gasteiger partial charge in [-0.25, -0.2) is 4.39 Å². The lowest BCUT2D eigenvalue weighted by molar-refractivity contribution is 0.609. The molecule has 0 atom stereocenters. The van der Waals surface area contributed by atoms with Gasteiger partial charge in [-0.3, -0.25) is 4.99 Å². The summed E-state index contributed by atoms with van der Waals surface area (Å²) in [6.45, 7) is 0.566. The zero-order chi connectivity index (χ0) is 13.7. The van der Waals surface area contributed by atoms with Crippen molar-refractivity contribution in [3.63, 3.8) is 0 Å². The fraction of sp³-hybridized carbons (Fsp3) is 0.500. The average molecular weight is 456 g/mol. The largest absolute Gasteiger partial charge is 0.354 e. The van der Waals surface area contributed by atoms with Crippen LogP contribution in [-0.2, 0) is 6.54 Å².